The van der Waals surface area contributed by atoms with Gasteiger partial charge in [0.25, 0.3) is 5.91 Å². The topological polar surface area (TPSA) is 171 Å². The van der Waals surface area contributed by atoms with E-state index in [1.165, 1.54) is 60.3 Å². The number of aliphatic hydroxyl groups excluding tert-OH is 1. The fourth-order valence-corrected chi connectivity index (χ4v) is 6.25. The summed E-state index contributed by atoms with van der Waals surface area (Å²) in [5.74, 6) is -2.99. The number of rotatable bonds is 17. The third kappa shape index (κ3) is 9.73. The molecule has 0 radical (unpaired) electrons. The van der Waals surface area contributed by atoms with E-state index in [4.69, 9.17) is 10.5 Å². The summed E-state index contributed by atoms with van der Waals surface area (Å²) in [7, 11) is 0. The van der Waals surface area contributed by atoms with E-state index < -0.39 is 66.0 Å². The fourth-order valence-electron chi connectivity index (χ4n) is 4.95. The number of carbonyl (C=O) groups excluding carboxylic acids is 3. The zero-order valence-corrected chi connectivity index (χ0v) is 26.1. The largest absolute Gasteiger partial charge is 0.484 e. The lowest BCUT2D eigenvalue weighted by molar-refractivity contribution is -0.142. The van der Waals surface area contributed by atoms with Crippen LogP contribution >= 0.6 is 11.8 Å². The van der Waals surface area contributed by atoms with E-state index in [1.807, 2.05) is 0 Å². The molecular weight excluding hydrogens is 634 g/mol. The molecule has 47 heavy (non-hydrogen) atoms. The maximum atomic E-state index is 13.6. The Morgan fingerprint density at radius 1 is 0.936 bits per heavy atom. The average Bonchev–Trinajstić information content (AvgIpc) is 3.06. The van der Waals surface area contributed by atoms with Crippen molar-refractivity contribution in [2.75, 3.05) is 30.3 Å². The molecule has 1 fully saturated rings. The number of aliphatic carboxylic acids is 1. The number of β-lactam (4-membered cyclic amide) rings is 1. The average molecular weight is 671 g/mol. The Kier molecular flexibility index (Phi) is 12.7. The number of hydrogen-bond acceptors (Lipinski definition) is 8. The van der Waals surface area contributed by atoms with Crippen molar-refractivity contribution in [2.24, 2.45) is 5.73 Å². The zero-order valence-electron chi connectivity index (χ0n) is 25.3. The minimum absolute atomic E-state index is 0.176. The van der Waals surface area contributed by atoms with Crippen LogP contribution in [0.5, 0.6) is 5.75 Å². The number of thioether (sulfide) groups is 1. The number of nitrogens with zero attached hydrogens (tertiary/aromatic N) is 1. The predicted octanol–water partition coefficient (Wildman–Crippen LogP) is 3.08. The van der Waals surface area contributed by atoms with Crippen LogP contribution in [0.25, 0.3) is 0 Å². The fraction of sp³-hybridized carbons (Fsp3) is 0.333. The maximum absolute atomic E-state index is 13.6. The molecule has 0 saturated carbocycles. The molecule has 1 aliphatic heterocycles. The summed E-state index contributed by atoms with van der Waals surface area (Å²) in [6.45, 7) is -0.418. The molecule has 14 heteroatoms. The maximum Gasteiger partial charge on any atom is 0.326 e. The summed E-state index contributed by atoms with van der Waals surface area (Å²) >= 11 is 1.26. The van der Waals surface area contributed by atoms with Crippen LogP contribution in [0.2, 0.25) is 0 Å². The summed E-state index contributed by atoms with van der Waals surface area (Å²) in [4.78, 5) is 50.6. The molecule has 0 aliphatic carbocycles. The highest BCUT2D eigenvalue weighted by Crippen LogP contribution is 2.46. The quantitative estimate of drug-likeness (QED) is 0.107. The molecule has 3 amide bonds. The second-order valence-corrected chi connectivity index (χ2v) is 12.0. The number of aliphatic hydroxyl groups is 1. The van der Waals surface area contributed by atoms with Crippen LogP contribution < -0.4 is 26.0 Å². The molecule has 4 atom stereocenters. The molecule has 0 bridgehead atoms. The normalized spacial score (nSPS) is 16.9. The van der Waals surface area contributed by atoms with Gasteiger partial charge in [0.2, 0.25) is 11.8 Å². The first-order valence-electron chi connectivity index (χ1n) is 14.9. The highest BCUT2D eigenvalue weighted by molar-refractivity contribution is 8.00. The highest BCUT2D eigenvalue weighted by Gasteiger charge is 2.49. The van der Waals surface area contributed by atoms with Gasteiger partial charge in [-0.15, -0.1) is 11.8 Å². The molecule has 250 valence electrons. The van der Waals surface area contributed by atoms with Crippen LogP contribution in [0, 0.1) is 11.6 Å². The number of carboxylic acid groups (broad SMARTS) is 1. The van der Waals surface area contributed by atoms with E-state index in [0.29, 0.717) is 36.4 Å². The van der Waals surface area contributed by atoms with Gasteiger partial charge in [-0.25, -0.2) is 13.6 Å². The van der Waals surface area contributed by atoms with Crippen LogP contribution in [-0.2, 0) is 19.2 Å². The molecule has 3 aromatic carbocycles. The van der Waals surface area contributed by atoms with Gasteiger partial charge in [0.15, 0.2) is 6.61 Å². The number of halogens is 2. The summed E-state index contributed by atoms with van der Waals surface area (Å²) in [5, 5.41) is 24.1. The van der Waals surface area contributed by atoms with Crippen LogP contribution in [0.3, 0.4) is 0 Å². The van der Waals surface area contributed by atoms with Crippen LogP contribution in [-0.4, -0.2) is 70.6 Å². The number of benzene rings is 3. The van der Waals surface area contributed by atoms with E-state index in [1.54, 1.807) is 29.2 Å². The standard InChI is InChI=1S/C33H36F2N4O7S/c34-22-8-4-20(5-9-22)27(40)19-47-31-30(39(32(31)43)24-12-10-23(35)11-13-24)21-6-14-25(15-7-21)46-18-29(42)37-17-28(41)38-26(33(44)45)3-1-2-16-36/h4-15,26-27,30-31,40H,1-3,16-19,36H2,(H,37,42)(H,38,41)(H,44,45)/t26-,27+,30-,31-/m1/s1. The Bertz CT molecular complexity index is 1530. The Morgan fingerprint density at radius 2 is 1.57 bits per heavy atom. The number of amides is 3. The summed E-state index contributed by atoms with van der Waals surface area (Å²) in [6.07, 6.45) is 0.456. The van der Waals surface area contributed by atoms with Crippen LogP contribution in [0.4, 0.5) is 14.5 Å². The Hall–Kier alpha value is -4.53. The van der Waals surface area contributed by atoms with E-state index in [-0.39, 0.29) is 18.1 Å². The molecule has 0 unspecified atom stereocenters. The summed E-state index contributed by atoms with van der Waals surface area (Å²) < 4.78 is 32.5. The van der Waals surface area contributed by atoms with E-state index >= 15 is 0 Å². The molecule has 0 aromatic heterocycles. The second-order valence-electron chi connectivity index (χ2n) is 10.8. The first-order chi connectivity index (χ1) is 22.6. The van der Waals surface area contributed by atoms with Crippen molar-refractivity contribution in [1.29, 1.82) is 0 Å². The lowest BCUT2D eigenvalue weighted by atomic mass is 9.92. The van der Waals surface area contributed by atoms with Crippen molar-refractivity contribution in [3.05, 3.63) is 95.6 Å². The van der Waals surface area contributed by atoms with Crippen LogP contribution in [0.15, 0.2) is 72.8 Å². The van der Waals surface area contributed by atoms with E-state index in [0.717, 1.165) is 5.56 Å². The number of carboxylic acids is 1. The van der Waals surface area contributed by atoms with Gasteiger partial charge in [0, 0.05) is 11.4 Å². The SMILES string of the molecule is NCCCC[C@@H](NC(=O)CNC(=O)COc1ccc([C@@H]2[C@@H](SC[C@H](O)c3ccc(F)cc3)C(=O)N2c2ccc(F)cc2)cc1)C(=O)O. The van der Waals surface area contributed by atoms with E-state index in [9.17, 15) is 38.2 Å². The summed E-state index contributed by atoms with van der Waals surface area (Å²) in [5.41, 5.74) is 7.18. The molecule has 11 nitrogen and oxygen atoms in total. The summed E-state index contributed by atoms with van der Waals surface area (Å²) in [6, 6.07) is 16.2. The lowest BCUT2D eigenvalue weighted by Crippen LogP contribution is -2.57. The number of anilines is 1. The number of unbranched alkanes of at least 4 members (excludes halogenated alkanes) is 1. The highest BCUT2D eigenvalue weighted by atomic mass is 32.2. The van der Waals surface area contributed by atoms with Gasteiger partial charge in [-0.2, -0.15) is 0 Å². The molecule has 1 heterocycles. The van der Waals surface area contributed by atoms with E-state index in [2.05, 4.69) is 10.6 Å². The van der Waals surface area contributed by atoms with Crippen molar-refractivity contribution in [1.82, 2.24) is 10.6 Å². The monoisotopic (exact) mass is 670 g/mol. The van der Waals surface area contributed by atoms with Crippen molar-refractivity contribution in [3.63, 3.8) is 0 Å². The zero-order chi connectivity index (χ0) is 33.9. The molecule has 4 rings (SSSR count). The third-order valence-corrected chi connectivity index (χ3v) is 8.78. The predicted molar refractivity (Wildman–Crippen MR) is 172 cm³/mol. The number of nitrogens with one attached hydrogen (secondary N) is 2. The van der Waals surface area contributed by atoms with Gasteiger partial charge in [0.05, 0.1) is 18.7 Å². The Labute approximate surface area is 274 Å². The lowest BCUT2D eigenvalue weighted by Gasteiger charge is -2.47. The molecule has 3 aromatic rings. The van der Waals surface area contributed by atoms with Gasteiger partial charge in [0.1, 0.15) is 28.7 Å². The minimum Gasteiger partial charge on any atom is -0.484 e. The molecule has 1 aliphatic rings. The van der Waals surface area contributed by atoms with Gasteiger partial charge >= 0.3 is 5.97 Å². The number of nitrogens with two attached hydrogens (primary N) is 1. The van der Waals surface area contributed by atoms with Crippen LogP contribution in [0.1, 0.15) is 42.5 Å². The van der Waals surface area contributed by atoms with Crippen molar-refractivity contribution in [2.45, 2.75) is 42.7 Å². The van der Waals surface area contributed by atoms with Crippen molar-refractivity contribution < 1.29 is 42.9 Å². The molecule has 1 saturated heterocycles. The minimum atomic E-state index is -1.17. The molecule has 6 N–H and O–H groups in total. The Balaban J connectivity index is 1.34. The van der Waals surface area contributed by atoms with Crippen molar-refractivity contribution >= 4 is 41.1 Å². The second kappa shape index (κ2) is 16.9. The van der Waals surface area contributed by atoms with Gasteiger partial charge in [-0.1, -0.05) is 24.3 Å². The molecule has 0 spiro atoms. The van der Waals surface area contributed by atoms with Crippen molar-refractivity contribution in [3.8, 4) is 5.75 Å². The molecular formula is C33H36F2N4O7S. The Morgan fingerprint density at radius 3 is 2.19 bits per heavy atom. The number of carbonyl (C=O) groups is 4. The first-order valence-corrected chi connectivity index (χ1v) is 16.0. The first kappa shape index (κ1) is 35.3. The third-order valence-electron chi connectivity index (χ3n) is 7.46. The van der Waals surface area contributed by atoms with Gasteiger partial charge < -0.3 is 36.2 Å². The number of hydrogen-bond donors (Lipinski definition) is 5. The van der Waals surface area contributed by atoms with Gasteiger partial charge in [-0.3, -0.25) is 14.4 Å². The van der Waals surface area contributed by atoms with Gasteiger partial charge in [-0.05, 0) is 85.5 Å². The smallest absolute Gasteiger partial charge is 0.326 e. The number of ether oxygens (including phenoxy) is 1.